The molecule has 21 heteroatoms. The lowest BCUT2D eigenvalue weighted by atomic mass is 10.1. The first-order valence-corrected chi connectivity index (χ1v) is 18.0. The van der Waals surface area contributed by atoms with E-state index in [0.29, 0.717) is 0 Å². The third kappa shape index (κ3) is 7.38. The van der Waals surface area contributed by atoms with E-state index in [2.05, 4.69) is 25.8 Å². The monoisotopic (exact) mass is 789 g/mol. The molecule has 9 N–H and O–H groups in total. The first-order valence-electron chi connectivity index (χ1n) is 15.1. The minimum Gasteiger partial charge on any atom is -0.505 e. The van der Waals surface area contributed by atoms with E-state index in [1.165, 1.54) is 60.7 Å². The lowest BCUT2D eigenvalue weighted by Crippen LogP contribution is -2.00. The van der Waals surface area contributed by atoms with Gasteiger partial charge in [-0.05, 0) is 83.6 Å². The second kappa shape index (κ2) is 14.0. The number of hydrogen-bond acceptors (Lipinski definition) is 15. The number of azo groups is 2. The first kappa shape index (κ1) is 37.6. The van der Waals surface area contributed by atoms with Gasteiger partial charge < -0.3 is 36.0 Å². The van der Waals surface area contributed by atoms with Crippen LogP contribution in [-0.4, -0.2) is 68.5 Å². The van der Waals surface area contributed by atoms with Crippen molar-refractivity contribution in [2.75, 3.05) is 5.32 Å². The number of anilines is 2. The molecule has 0 spiro atoms. The molecule has 0 aliphatic rings. The molecule has 0 bridgehead atoms. The van der Waals surface area contributed by atoms with E-state index in [1.54, 1.807) is 0 Å². The minimum absolute atomic E-state index is 0.0290. The Bertz CT molecular complexity index is 2720. The van der Waals surface area contributed by atoms with Gasteiger partial charge in [-0.3, -0.25) is 9.11 Å². The summed E-state index contributed by atoms with van der Waals surface area (Å²) in [6.07, 6.45) is 0. The molecule has 19 nitrogen and oxygen atoms in total. The molecule has 55 heavy (non-hydrogen) atoms. The van der Waals surface area contributed by atoms with Crippen molar-refractivity contribution in [3.63, 3.8) is 0 Å². The Kier molecular flexibility index (Phi) is 9.55. The van der Waals surface area contributed by atoms with Crippen molar-refractivity contribution < 1.29 is 66.2 Å². The summed E-state index contributed by atoms with van der Waals surface area (Å²) in [5, 5.41) is 78.9. The predicted molar refractivity (Wildman–Crippen MR) is 193 cm³/mol. The zero-order valence-electron chi connectivity index (χ0n) is 27.2. The number of benzene rings is 6. The van der Waals surface area contributed by atoms with Crippen molar-refractivity contribution in [1.82, 2.24) is 0 Å². The van der Waals surface area contributed by atoms with Crippen LogP contribution in [0.1, 0.15) is 20.7 Å². The van der Waals surface area contributed by atoms with Gasteiger partial charge >= 0.3 is 11.9 Å². The zero-order chi connectivity index (χ0) is 40.0. The van der Waals surface area contributed by atoms with Gasteiger partial charge in [0.15, 0.2) is 23.0 Å². The van der Waals surface area contributed by atoms with E-state index >= 15 is 0 Å². The SMILES string of the molecule is O=C(O)c1cccc(N=Nc2c(S(=O)(=O)O)cc3cc(Nc4ccc5c(O)c(N=Nc6cccc(C(=O)O)c6O)c(S(=O)(=O)O)cc5c4)ccc3c2O)c1O. The maximum Gasteiger partial charge on any atom is 0.339 e. The van der Waals surface area contributed by atoms with Crippen LogP contribution < -0.4 is 5.32 Å². The highest BCUT2D eigenvalue weighted by Gasteiger charge is 2.25. The number of fused-ring (bicyclic) bond motifs is 2. The average molecular weight is 790 g/mol. The predicted octanol–water partition coefficient (Wildman–Crippen LogP) is 7.28. The van der Waals surface area contributed by atoms with E-state index in [-0.39, 0.29) is 44.3 Å². The Morgan fingerprint density at radius 1 is 0.509 bits per heavy atom. The fourth-order valence-electron chi connectivity index (χ4n) is 5.39. The van der Waals surface area contributed by atoms with Crippen molar-refractivity contribution in [2.45, 2.75) is 9.79 Å². The standard InChI is InChI=1S/C34H23N5O14S2/c40-29-21(33(44)45)3-1-5-23(29)36-38-27-25(54(48,49)50)13-15-11-17(7-9-19(15)31(27)42)35-18-8-10-20-16(12-18)14-26(55(51,52)53)28(32(20)43)39-37-24-6-2-4-22(30(24)41)34(46)47/h1-14,35,40-43H,(H,44,45)(H,46,47)(H,48,49,50)(H,51,52,53). The molecular weight excluding hydrogens is 767 g/mol. The maximum atomic E-state index is 12.4. The van der Waals surface area contributed by atoms with E-state index in [0.717, 1.165) is 24.3 Å². The van der Waals surface area contributed by atoms with Gasteiger partial charge in [-0.2, -0.15) is 16.8 Å². The summed E-state index contributed by atoms with van der Waals surface area (Å²) < 4.78 is 69.4. The largest absolute Gasteiger partial charge is 0.505 e. The first-order chi connectivity index (χ1) is 25.8. The number of nitrogens with one attached hydrogen (secondary N) is 1. The number of carboxylic acid groups (broad SMARTS) is 2. The van der Waals surface area contributed by atoms with Gasteiger partial charge in [0.05, 0.1) is 0 Å². The van der Waals surface area contributed by atoms with Crippen molar-refractivity contribution in [1.29, 1.82) is 0 Å². The third-order valence-electron chi connectivity index (χ3n) is 7.95. The van der Waals surface area contributed by atoms with Gasteiger partial charge in [-0.1, -0.05) is 12.1 Å². The second-order valence-electron chi connectivity index (χ2n) is 11.4. The number of aromatic carboxylic acids is 2. The number of carboxylic acids is 2. The third-order valence-corrected chi connectivity index (χ3v) is 9.69. The average Bonchev–Trinajstić information content (AvgIpc) is 3.10. The molecular formula is C34H23N5O14S2. The Morgan fingerprint density at radius 2 is 0.891 bits per heavy atom. The molecule has 0 atom stereocenters. The van der Waals surface area contributed by atoms with Crippen LogP contribution >= 0.6 is 0 Å². The number of nitrogens with zero attached hydrogens (tertiary/aromatic N) is 4. The molecule has 0 saturated carbocycles. The van der Waals surface area contributed by atoms with Crippen molar-refractivity contribution in [3.05, 3.63) is 96.1 Å². The highest BCUT2D eigenvalue weighted by Crippen LogP contribution is 2.45. The van der Waals surface area contributed by atoms with Crippen LogP contribution in [0.2, 0.25) is 0 Å². The van der Waals surface area contributed by atoms with Gasteiger partial charge in [-0.25, -0.2) is 9.59 Å². The van der Waals surface area contributed by atoms with Gasteiger partial charge in [0.25, 0.3) is 20.2 Å². The van der Waals surface area contributed by atoms with Crippen LogP contribution in [0.25, 0.3) is 21.5 Å². The quantitative estimate of drug-likeness (QED) is 0.0486. The van der Waals surface area contributed by atoms with Crippen molar-refractivity contribution in [3.8, 4) is 23.0 Å². The molecule has 0 aliphatic carbocycles. The summed E-state index contributed by atoms with van der Waals surface area (Å²) in [6.45, 7) is 0. The van der Waals surface area contributed by atoms with Crippen LogP contribution in [0.15, 0.2) is 115 Å². The van der Waals surface area contributed by atoms with Crippen LogP contribution in [0.5, 0.6) is 23.0 Å². The van der Waals surface area contributed by atoms with Crippen molar-refractivity contribution in [2.24, 2.45) is 20.5 Å². The van der Waals surface area contributed by atoms with Crippen molar-refractivity contribution >= 4 is 87.8 Å². The Balaban J connectivity index is 1.38. The summed E-state index contributed by atoms with van der Waals surface area (Å²) in [5.41, 5.74) is -2.70. The highest BCUT2D eigenvalue weighted by atomic mass is 32.2. The van der Waals surface area contributed by atoms with Gasteiger partial charge in [0.2, 0.25) is 0 Å². The lowest BCUT2D eigenvalue weighted by molar-refractivity contribution is 0.0682. The number of phenolic OH excluding ortho intramolecular Hbond substituents is 2. The molecule has 0 radical (unpaired) electrons. The summed E-state index contributed by atoms with van der Waals surface area (Å²) in [4.78, 5) is 20.9. The van der Waals surface area contributed by atoms with Crippen LogP contribution in [0.3, 0.4) is 0 Å². The topological polar surface area (TPSA) is 326 Å². The summed E-state index contributed by atoms with van der Waals surface area (Å²) >= 11 is 0. The summed E-state index contributed by atoms with van der Waals surface area (Å²) in [6, 6.07) is 17.3. The molecule has 6 aromatic carbocycles. The van der Waals surface area contributed by atoms with E-state index in [1.807, 2.05) is 0 Å². The Morgan fingerprint density at radius 3 is 1.24 bits per heavy atom. The highest BCUT2D eigenvalue weighted by molar-refractivity contribution is 7.86. The fourth-order valence-corrected chi connectivity index (χ4v) is 6.70. The normalized spacial score (nSPS) is 12.2. The molecule has 0 fully saturated rings. The van der Waals surface area contributed by atoms with E-state index in [4.69, 9.17) is 0 Å². The molecule has 0 amide bonds. The van der Waals surface area contributed by atoms with Gasteiger partial charge in [0, 0.05) is 22.1 Å². The molecule has 0 aromatic heterocycles. The molecule has 0 unspecified atom stereocenters. The molecule has 6 rings (SSSR count). The molecule has 6 aromatic rings. The number of aromatic hydroxyl groups is 4. The smallest absolute Gasteiger partial charge is 0.339 e. The number of para-hydroxylation sites is 2. The fraction of sp³-hybridized carbons (Fsp3) is 0. The second-order valence-corrected chi connectivity index (χ2v) is 14.2. The minimum atomic E-state index is -5.07. The van der Waals surface area contributed by atoms with Gasteiger partial charge in [-0.15, -0.1) is 20.5 Å². The maximum absolute atomic E-state index is 12.4. The number of rotatable bonds is 10. The molecule has 0 aliphatic heterocycles. The van der Waals surface area contributed by atoms with Gasteiger partial charge in [0.1, 0.15) is 43.7 Å². The van der Waals surface area contributed by atoms with Crippen LogP contribution in [0.4, 0.5) is 34.1 Å². The number of phenols is 4. The van der Waals surface area contributed by atoms with E-state index < -0.39 is 87.5 Å². The Labute approximate surface area is 307 Å². The number of hydrogen-bond donors (Lipinski definition) is 9. The van der Waals surface area contributed by atoms with Crippen LogP contribution in [-0.2, 0) is 20.2 Å². The molecule has 0 heterocycles. The molecule has 280 valence electrons. The Hall–Kier alpha value is -7.20. The number of carbonyl (C=O) groups is 2. The molecule has 0 saturated heterocycles. The summed E-state index contributed by atoms with van der Waals surface area (Å²) in [5.74, 6) is -6.01. The lowest BCUT2D eigenvalue weighted by Gasteiger charge is -2.13. The summed E-state index contributed by atoms with van der Waals surface area (Å²) in [7, 11) is -10.1. The zero-order valence-corrected chi connectivity index (χ0v) is 28.8. The van der Waals surface area contributed by atoms with E-state index in [9.17, 15) is 66.2 Å². The van der Waals surface area contributed by atoms with Crippen LogP contribution in [0, 0.1) is 0 Å².